The molecular formula is C12H14BrFN4O2S. The minimum absolute atomic E-state index is 0.0130. The molecule has 0 spiro atoms. The highest BCUT2D eigenvalue weighted by Gasteiger charge is 2.18. The number of nitrogens with zero attached hydrogens (tertiary/aromatic N) is 2. The summed E-state index contributed by atoms with van der Waals surface area (Å²) in [5, 5.41) is 6.89. The second-order valence-corrected chi connectivity index (χ2v) is 6.87. The lowest BCUT2D eigenvalue weighted by Crippen LogP contribution is -2.15. The van der Waals surface area contributed by atoms with Gasteiger partial charge in [0.2, 0.25) is 0 Å². The minimum atomic E-state index is -3.86. The first-order valence-electron chi connectivity index (χ1n) is 6.07. The number of rotatable bonds is 6. The molecule has 0 amide bonds. The Morgan fingerprint density at radius 3 is 2.86 bits per heavy atom. The van der Waals surface area contributed by atoms with Gasteiger partial charge in [-0.1, -0.05) is 15.9 Å². The largest absolute Gasteiger partial charge is 0.318 e. The number of aromatic nitrogens is 2. The maximum atomic E-state index is 13.7. The Bertz CT molecular complexity index is 733. The standard InChI is InChI=1S/C12H14BrFN4O2S/c1-15-4-5-18-8-10(7-16-18)21(19,20)17-12-3-2-9(13)6-11(12)14/h2-3,6-8,15,17H,4-5H2,1H3. The highest BCUT2D eigenvalue weighted by atomic mass is 79.9. The van der Waals surface area contributed by atoms with Gasteiger partial charge in [0.05, 0.1) is 18.4 Å². The molecule has 1 aromatic carbocycles. The van der Waals surface area contributed by atoms with Crippen molar-refractivity contribution in [3.05, 3.63) is 40.9 Å². The molecule has 0 aliphatic rings. The second kappa shape index (κ2) is 6.54. The van der Waals surface area contributed by atoms with Crippen LogP contribution in [0.2, 0.25) is 0 Å². The number of likely N-dealkylation sites (N-methyl/N-ethyl adjacent to an activating group) is 1. The van der Waals surface area contributed by atoms with Gasteiger partial charge in [-0.25, -0.2) is 12.8 Å². The lowest BCUT2D eigenvalue weighted by Gasteiger charge is -2.07. The van der Waals surface area contributed by atoms with Crippen LogP contribution in [0.1, 0.15) is 0 Å². The normalized spacial score (nSPS) is 11.6. The number of anilines is 1. The van der Waals surface area contributed by atoms with E-state index in [0.717, 1.165) is 0 Å². The zero-order valence-corrected chi connectivity index (χ0v) is 13.6. The first-order valence-corrected chi connectivity index (χ1v) is 8.35. The number of sulfonamides is 1. The molecule has 1 aromatic heterocycles. The van der Waals surface area contributed by atoms with Crippen LogP contribution in [0.25, 0.3) is 0 Å². The van der Waals surface area contributed by atoms with Crippen LogP contribution in [0.3, 0.4) is 0 Å². The Morgan fingerprint density at radius 1 is 1.43 bits per heavy atom. The Balaban J connectivity index is 2.19. The first-order chi connectivity index (χ1) is 9.92. The van der Waals surface area contributed by atoms with E-state index in [9.17, 15) is 12.8 Å². The van der Waals surface area contributed by atoms with Gasteiger partial charge in [-0.15, -0.1) is 0 Å². The van der Waals surface area contributed by atoms with Crippen molar-refractivity contribution in [1.82, 2.24) is 15.1 Å². The molecule has 0 radical (unpaired) electrons. The molecule has 6 nitrogen and oxygen atoms in total. The van der Waals surface area contributed by atoms with Gasteiger partial charge in [-0.3, -0.25) is 9.40 Å². The molecule has 0 fully saturated rings. The van der Waals surface area contributed by atoms with Crippen molar-refractivity contribution < 1.29 is 12.8 Å². The van der Waals surface area contributed by atoms with Crippen LogP contribution in [0.4, 0.5) is 10.1 Å². The smallest absolute Gasteiger partial charge is 0.265 e. The van der Waals surface area contributed by atoms with Gasteiger partial charge < -0.3 is 5.32 Å². The number of hydrogen-bond acceptors (Lipinski definition) is 4. The fraction of sp³-hybridized carbons (Fsp3) is 0.250. The molecule has 9 heteroatoms. The molecule has 0 atom stereocenters. The number of nitrogens with one attached hydrogen (secondary N) is 2. The number of hydrogen-bond donors (Lipinski definition) is 2. The van der Waals surface area contributed by atoms with E-state index in [-0.39, 0.29) is 10.6 Å². The molecule has 2 aromatic rings. The predicted octanol–water partition coefficient (Wildman–Crippen LogP) is 1.80. The zero-order valence-electron chi connectivity index (χ0n) is 11.2. The lowest BCUT2D eigenvalue weighted by atomic mass is 10.3. The van der Waals surface area contributed by atoms with Crippen LogP contribution in [0.15, 0.2) is 40.0 Å². The van der Waals surface area contributed by atoms with Gasteiger partial charge >= 0.3 is 0 Å². The van der Waals surface area contributed by atoms with Crippen molar-refractivity contribution in [3.8, 4) is 0 Å². The fourth-order valence-electron chi connectivity index (χ4n) is 1.61. The quantitative estimate of drug-likeness (QED) is 0.805. The van der Waals surface area contributed by atoms with E-state index in [1.54, 1.807) is 13.1 Å². The van der Waals surface area contributed by atoms with Crippen LogP contribution >= 0.6 is 15.9 Å². The van der Waals surface area contributed by atoms with Crippen LogP contribution in [-0.4, -0.2) is 31.8 Å². The van der Waals surface area contributed by atoms with Gasteiger partial charge in [0.1, 0.15) is 10.7 Å². The Labute approximate surface area is 130 Å². The van der Waals surface area contributed by atoms with Gasteiger partial charge in [-0.2, -0.15) is 5.10 Å². The van der Waals surface area contributed by atoms with Crippen molar-refractivity contribution in [3.63, 3.8) is 0 Å². The van der Waals surface area contributed by atoms with E-state index in [2.05, 4.69) is 31.1 Å². The summed E-state index contributed by atoms with van der Waals surface area (Å²) in [6.45, 7) is 1.20. The van der Waals surface area contributed by atoms with E-state index in [1.807, 2.05) is 0 Å². The molecule has 0 unspecified atom stereocenters. The maximum absolute atomic E-state index is 13.7. The molecule has 0 saturated carbocycles. The van der Waals surface area contributed by atoms with E-state index in [1.165, 1.54) is 29.2 Å². The summed E-state index contributed by atoms with van der Waals surface area (Å²) < 4.78 is 42.3. The van der Waals surface area contributed by atoms with Crippen LogP contribution in [0.5, 0.6) is 0 Å². The predicted molar refractivity (Wildman–Crippen MR) is 81.1 cm³/mol. The summed E-state index contributed by atoms with van der Waals surface area (Å²) in [6, 6.07) is 4.09. The highest BCUT2D eigenvalue weighted by molar-refractivity contribution is 9.10. The molecule has 114 valence electrons. The Hall–Kier alpha value is -1.45. The highest BCUT2D eigenvalue weighted by Crippen LogP contribution is 2.22. The number of benzene rings is 1. The SMILES string of the molecule is CNCCn1cc(S(=O)(=O)Nc2ccc(Br)cc2F)cn1. The molecule has 0 aliphatic carbocycles. The van der Waals surface area contributed by atoms with Gasteiger partial charge in [0.15, 0.2) is 0 Å². The summed E-state index contributed by atoms with van der Waals surface area (Å²) >= 11 is 3.11. The van der Waals surface area contributed by atoms with Crippen molar-refractivity contribution in [2.45, 2.75) is 11.4 Å². The first kappa shape index (κ1) is 15.9. The van der Waals surface area contributed by atoms with Crippen molar-refractivity contribution in [1.29, 1.82) is 0 Å². The lowest BCUT2D eigenvalue weighted by molar-refractivity contribution is 0.582. The van der Waals surface area contributed by atoms with Crippen molar-refractivity contribution in [2.75, 3.05) is 18.3 Å². The number of halogens is 2. The molecule has 21 heavy (non-hydrogen) atoms. The van der Waals surface area contributed by atoms with Gasteiger partial charge in [0.25, 0.3) is 10.0 Å². The van der Waals surface area contributed by atoms with E-state index >= 15 is 0 Å². The monoisotopic (exact) mass is 376 g/mol. The second-order valence-electron chi connectivity index (χ2n) is 4.27. The molecule has 2 rings (SSSR count). The molecular weight excluding hydrogens is 363 g/mol. The summed E-state index contributed by atoms with van der Waals surface area (Å²) in [5.41, 5.74) is -0.110. The van der Waals surface area contributed by atoms with E-state index in [4.69, 9.17) is 0 Å². The molecule has 0 bridgehead atoms. The van der Waals surface area contributed by atoms with Crippen LogP contribution in [0, 0.1) is 5.82 Å². The molecule has 0 saturated heterocycles. The fourth-order valence-corrected chi connectivity index (χ4v) is 2.96. The van der Waals surface area contributed by atoms with Crippen LogP contribution in [-0.2, 0) is 16.6 Å². The Morgan fingerprint density at radius 2 is 2.19 bits per heavy atom. The van der Waals surface area contributed by atoms with Gasteiger partial charge in [0, 0.05) is 17.2 Å². The van der Waals surface area contributed by atoms with Crippen LogP contribution < -0.4 is 10.0 Å². The molecule has 0 aliphatic heterocycles. The maximum Gasteiger partial charge on any atom is 0.265 e. The zero-order chi connectivity index (χ0) is 15.5. The average molecular weight is 377 g/mol. The molecule has 2 N–H and O–H groups in total. The third-order valence-corrected chi connectivity index (χ3v) is 4.50. The summed E-state index contributed by atoms with van der Waals surface area (Å²) in [7, 11) is -2.07. The molecule has 1 heterocycles. The summed E-state index contributed by atoms with van der Waals surface area (Å²) in [5.74, 6) is -0.657. The third kappa shape index (κ3) is 4.02. The van der Waals surface area contributed by atoms with E-state index < -0.39 is 15.8 Å². The summed E-state index contributed by atoms with van der Waals surface area (Å²) in [6.07, 6.45) is 2.63. The topological polar surface area (TPSA) is 76.0 Å². The van der Waals surface area contributed by atoms with Crippen molar-refractivity contribution in [2.24, 2.45) is 0 Å². The third-order valence-electron chi connectivity index (χ3n) is 2.69. The minimum Gasteiger partial charge on any atom is -0.318 e. The van der Waals surface area contributed by atoms with Gasteiger partial charge in [-0.05, 0) is 25.2 Å². The average Bonchev–Trinajstić information content (AvgIpc) is 2.89. The summed E-state index contributed by atoms with van der Waals surface area (Å²) in [4.78, 5) is -0.0130. The van der Waals surface area contributed by atoms with Crippen molar-refractivity contribution >= 4 is 31.6 Å². The van der Waals surface area contributed by atoms with E-state index in [0.29, 0.717) is 17.6 Å². The Kier molecular flexibility index (Phi) is 4.96.